The summed E-state index contributed by atoms with van der Waals surface area (Å²) in [5.41, 5.74) is 1.36. The summed E-state index contributed by atoms with van der Waals surface area (Å²) in [5, 5.41) is 2.74. The Morgan fingerprint density at radius 1 is 1.34 bits per heavy atom. The van der Waals surface area contributed by atoms with E-state index in [4.69, 9.17) is 9.47 Å². The number of aliphatic imine (C=N–C) groups is 1. The van der Waals surface area contributed by atoms with Gasteiger partial charge in [-0.05, 0) is 69.2 Å². The Bertz CT molecular complexity index is 1040. The van der Waals surface area contributed by atoms with Crippen LogP contribution in [0.1, 0.15) is 18.1 Å². The molecule has 1 N–H and O–H groups in total. The Hall–Kier alpha value is -2.65. The first-order chi connectivity index (χ1) is 13.9. The Kier molecular flexibility index (Phi) is 6.71. The minimum absolute atomic E-state index is 0.162. The van der Waals surface area contributed by atoms with Gasteiger partial charge in [0.2, 0.25) is 5.91 Å². The predicted molar refractivity (Wildman–Crippen MR) is 113 cm³/mol. The molecular weight excluding hydrogens is 463 g/mol. The van der Waals surface area contributed by atoms with E-state index in [0.717, 1.165) is 11.8 Å². The molecule has 1 heterocycles. The quantitative estimate of drug-likeness (QED) is 0.648. The second kappa shape index (κ2) is 9.23. The lowest BCUT2D eigenvalue weighted by Crippen LogP contribution is -2.23. The molecule has 0 aromatic heterocycles. The third-order valence-electron chi connectivity index (χ3n) is 3.73. The number of benzene rings is 2. The van der Waals surface area contributed by atoms with Crippen LogP contribution in [0, 0.1) is 5.82 Å². The third-order valence-corrected chi connectivity index (χ3v) is 5.21. The number of amides is 2. The van der Waals surface area contributed by atoms with E-state index in [1.54, 1.807) is 30.3 Å². The molecule has 6 nitrogen and oxygen atoms in total. The Balaban J connectivity index is 1.80. The number of rotatable bonds is 5. The van der Waals surface area contributed by atoms with Gasteiger partial charge < -0.3 is 14.8 Å². The standard InChI is InChI=1S/C20H16BrFN2O4S/c1-11(25)23-20-24-19(26)17(29-20)9-13-7-15(21)18(16(8-13)27-2)28-10-12-4-3-5-14(22)6-12/h3-9H,10H2,1-2H3,(H,23,24,25,26)/b17-9-. The minimum Gasteiger partial charge on any atom is -0.493 e. The summed E-state index contributed by atoms with van der Waals surface area (Å²) < 4.78 is 25.2. The van der Waals surface area contributed by atoms with E-state index in [0.29, 0.717) is 32.0 Å². The van der Waals surface area contributed by atoms with Gasteiger partial charge in [0.1, 0.15) is 12.4 Å². The van der Waals surface area contributed by atoms with Gasteiger partial charge in [0.05, 0.1) is 16.5 Å². The summed E-state index contributed by atoms with van der Waals surface area (Å²) in [5.74, 6) is -0.158. The number of carbonyl (C=O) groups is 2. The zero-order valence-corrected chi connectivity index (χ0v) is 17.9. The fraction of sp³-hybridized carbons (Fsp3) is 0.150. The second-order valence-electron chi connectivity index (χ2n) is 5.97. The first-order valence-corrected chi connectivity index (χ1v) is 10.0. The lowest BCUT2D eigenvalue weighted by molar-refractivity contribution is -0.117. The van der Waals surface area contributed by atoms with E-state index in [-0.39, 0.29) is 23.5 Å². The van der Waals surface area contributed by atoms with Crippen LogP contribution in [0.4, 0.5) is 4.39 Å². The van der Waals surface area contributed by atoms with Gasteiger partial charge in [-0.1, -0.05) is 12.1 Å². The number of amidine groups is 1. The molecule has 0 unspecified atom stereocenters. The number of methoxy groups -OCH3 is 1. The predicted octanol–water partition coefficient (Wildman–Crippen LogP) is 4.28. The van der Waals surface area contributed by atoms with Crippen LogP contribution in [0.2, 0.25) is 0 Å². The molecule has 2 amide bonds. The number of nitrogens with one attached hydrogen (secondary N) is 1. The molecule has 0 radical (unpaired) electrons. The molecule has 1 aliphatic heterocycles. The average Bonchev–Trinajstić information content (AvgIpc) is 2.98. The topological polar surface area (TPSA) is 77.0 Å². The molecule has 0 saturated carbocycles. The van der Waals surface area contributed by atoms with Crippen LogP contribution >= 0.6 is 27.7 Å². The zero-order valence-electron chi connectivity index (χ0n) is 15.5. The maximum Gasteiger partial charge on any atom is 0.286 e. The molecule has 29 heavy (non-hydrogen) atoms. The summed E-state index contributed by atoms with van der Waals surface area (Å²) in [7, 11) is 1.50. The Morgan fingerprint density at radius 2 is 2.14 bits per heavy atom. The van der Waals surface area contributed by atoms with Crippen molar-refractivity contribution in [2.45, 2.75) is 13.5 Å². The van der Waals surface area contributed by atoms with E-state index in [1.165, 1.54) is 26.2 Å². The smallest absolute Gasteiger partial charge is 0.286 e. The molecule has 150 valence electrons. The zero-order chi connectivity index (χ0) is 21.0. The molecule has 0 bridgehead atoms. The molecule has 1 aliphatic rings. The van der Waals surface area contributed by atoms with E-state index < -0.39 is 5.91 Å². The summed E-state index contributed by atoms with van der Waals surface area (Å²) in [6, 6.07) is 9.62. The summed E-state index contributed by atoms with van der Waals surface area (Å²) in [6.07, 6.45) is 1.65. The van der Waals surface area contributed by atoms with Crippen molar-refractivity contribution in [1.29, 1.82) is 0 Å². The number of hydrogen-bond donors (Lipinski definition) is 1. The first kappa shape index (κ1) is 21.1. The van der Waals surface area contributed by atoms with Crippen LogP contribution in [0.15, 0.2) is 50.8 Å². The van der Waals surface area contributed by atoms with Gasteiger partial charge in [0, 0.05) is 6.92 Å². The highest BCUT2D eigenvalue weighted by atomic mass is 79.9. The van der Waals surface area contributed by atoms with E-state index in [9.17, 15) is 14.0 Å². The largest absolute Gasteiger partial charge is 0.493 e. The van der Waals surface area contributed by atoms with Crippen molar-refractivity contribution in [2.24, 2.45) is 4.99 Å². The number of halogens is 2. The van der Waals surface area contributed by atoms with Crippen molar-refractivity contribution < 1.29 is 23.5 Å². The normalized spacial score (nSPS) is 14.7. The van der Waals surface area contributed by atoms with Crippen molar-refractivity contribution in [1.82, 2.24) is 5.32 Å². The lowest BCUT2D eigenvalue weighted by Gasteiger charge is -2.14. The van der Waals surface area contributed by atoms with E-state index >= 15 is 0 Å². The molecule has 0 atom stereocenters. The van der Waals surface area contributed by atoms with Gasteiger partial charge in [0.25, 0.3) is 5.91 Å². The van der Waals surface area contributed by atoms with Gasteiger partial charge in [-0.3, -0.25) is 9.59 Å². The van der Waals surface area contributed by atoms with Crippen molar-refractivity contribution in [3.63, 3.8) is 0 Å². The average molecular weight is 479 g/mol. The number of ether oxygens (including phenoxy) is 2. The highest BCUT2D eigenvalue weighted by Gasteiger charge is 2.23. The molecule has 2 aromatic carbocycles. The van der Waals surface area contributed by atoms with Crippen molar-refractivity contribution >= 4 is 50.7 Å². The van der Waals surface area contributed by atoms with E-state index in [1.807, 2.05) is 0 Å². The van der Waals surface area contributed by atoms with Crippen molar-refractivity contribution in [3.8, 4) is 11.5 Å². The fourth-order valence-electron chi connectivity index (χ4n) is 2.51. The summed E-state index contributed by atoms with van der Waals surface area (Å²) in [6.45, 7) is 1.51. The lowest BCUT2D eigenvalue weighted by atomic mass is 10.2. The van der Waals surface area contributed by atoms with Crippen LogP contribution in [0.5, 0.6) is 11.5 Å². The van der Waals surface area contributed by atoms with Crippen LogP contribution in [-0.2, 0) is 16.2 Å². The highest BCUT2D eigenvalue weighted by Crippen LogP contribution is 2.38. The summed E-state index contributed by atoms with van der Waals surface area (Å²) in [4.78, 5) is 27.3. The van der Waals surface area contributed by atoms with Gasteiger partial charge in [-0.2, -0.15) is 4.99 Å². The van der Waals surface area contributed by atoms with Crippen LogP contribution < -0.4 is 14.8 Å². The molecule has 0 spiro atoms. The molecule has 0 fully saturated rings. The van der Waals surface area contributed by atoms with Crippen LogP contribution in [0.3, 0.4) is 0 Å². The number of nitrogens with zero attached hydrogens (tertiary/aromatic N) is 1. The second-order valence-corrected chi connectivity index (χ2v) is 7.85. The Labute approximate surface area is 179 Å². The molecule has 2 aromatic rings. The molecule has 0 saturated heterocycles. The van der Waals surface area contributed by atoms with Gasteiger partial charge >= 0.3 is 0 Å². The van der Waals surface area contributed by atoms with Crippen molar-refractivity contribution in [3.05, 3.63) is 62.7 Å². The van der Waals surface area contributed by atoms with Crippen LogP contribution in [-0.4, -0.2) is 24.1 Å². The van der Waals surface area contributed by atoms with E-state index in [2.05, 4.69) is 26.2 Å². The van der Waals surface area contributed by atoms with Crippen molar-refractivity contribution in [2.75, 3.05) is 7.11 Å². The number of carbonyl (C=O) groups excluding carboxylic acids is 2. The molecule has 9 heteroatoms. The number of hydrogen-bond acceptors (Lipinski definition) is 5. The van der Waals surface area contributed by atoms with Gasteiger partial charge in [0.15, 0.2) is 16.7 Å². The summed E-state index contributed by atoms with van der Waals surface area (Å²) >= 11 is 4.53. The maximum atomic E-state index is 13.3. The fourth-order valence-corrected chi connectivity index (χ4v) is 3.94. The number of thioether (sulfide) groups is 1. The monoisotopic (exact) mass is 478 g/mol. The molecule has 0 aliphatic carbocycles. The SMILES string of the molecule is COc1cc(/C=C2\SC(NC(C)=O)=NC2=O)cc(Br)c1OCc1cccc(F)c1. The maximum absolute atomic E-state index is 13.3. The molecular formula is C20H16BrFN2O4S. The van der Waals surface area contributed by atoms with Crippen LogP contribution in [0.25, 0.3) is 6.08 Å². The van der Waals surface area contributed by atoms with Gasteiger partial charge in [-0.25, -0.2) is 4.39 Å². The van der Waals surface area contributed by atoms with Gasteiger partial charge in [-0.15, -0.1) is 0 Å². The molecule has 3 rings (SSSR count). The highest BCUT2D eigenvalue weighted by molar-refractivity contribution is 9.10. The minimum atomic E-state index is -0.430. The first-order valence-electron chi connectivity index (χ1n) is 8.40. The Morgan fingerprint density at radius 3 is 2.83 bits per heavy atom. The third kappa shape index (κ3) is 5.45.